The van der Waals surface area contributed by atoms with Crippen molar-refractivity contribution < 1.29 is 4.79 Å². The molecule has 3 N–H and O–H groups in total. The van der Waals surface area contributed by atoms with E-state index in [0.717, 1.165) is 5.56 Å². The molecule has 0 aromatic carbocycles. The van der Waals surface area contributed by atoms with E-state index in [0.29, 0.717) is 5.69 Å². The average Bonchev–Trinajstić information content (AvgIpc) is 2.28. The van der Waals surface area contributed by atoms with Crippen molar-refractivity contribution in [3.8, 4) is 11.3 Å². The summed E-state index contributed by atoms with van der Waals surface area (Å²) in [7, 11) is 0. The third-order valence-electron chi connectivity index (χ3n) is 2.11. The number of nitrogens with two attached hydrogens (primary N) is 1. The van der Waals surface area contributed by atoms with Gasteiger partial charge in [0.25, 0.3) is 5.56 Å². The van der Waals surface area contributed by atoms with Crippen molar-refractivity contribution in [2.24, 2.45) is 5.73 Å². The van der Waals surface area contributed by atoms with Crippen LogP contribution in [-0.2, 0) is 11.2 Å². The highest BCUT2D eigenvalue weighted by molar-refractivity contribution is 5.75. The molecule has 0 bridgehead atoms. The molecule has 0 aliphatic rings. The van der Waals surface area contributed by atoms with Crippen LogP contribution in [0.3, 0.4) is 0 Å². The molecule has 2 aromatic heterocycles. The molecule has 0 saturated heterocycles. The lowest BCUT2D eigenvalue weighted by atomic mass is 10.2. The highest BCUT2D eigenvalue weighted by atomic mass is 16.1. The van der Waals surface area contributed by atoms with E-state index < -0.39 is 5.91 Å². The van der Waals surface area contributed by atoms with E-state index in [-0.39, 0.29) is 17.8 Å². The van der Waals surface area contributed by atoms with Gasteiger partial charge in [0.1, 0.15) is 5.82 Å². The minimum Gasteiger partial charge on any atom is -0.369 e. The van der Waals surface area contributed by atoms with Crippen LogP contribution in [0.25, 0.3) is 11.3 Å². The number of nitrogens with one attached hydrogen (secondary N) is 1. The minimum atomic E-state index is -0.542. The Hall–Kier alpha value is -2.50. The molecule has 17 heavy (non-hydrogen) atoms. The maximum atomic E-state index is 11.4. The zero-order valence-corrected chi connectivity index (χ0v) is 8.88. The number of H-pyrrole nitrogens is 1. The molecule has 0 aliphatic carbocycles. The molecular weight excluding hydrogens is 220 g/mol. The van der Waals surface area contributed by atoms with Crippen LogP contribution in [0.5, 0.6) is 0 Å². The van der Waals surface area contributed by atoms with E-state index in [4.69, 9.17) is 5.73 Å². The number of primary amides is 1. The van der Waals surface area contributed by atoms with Crippen molar-refractivity contribution in [2.45, 2.75) is 6.42 Å². The fourth-order valence-electron chi connectivity index (χ4n) is 1.43. The Bertz CT molecular complexity index is 592. The number of rotatable bonds is 3. The summed E-state index contributed by atoms with van der Waals surface area (Å²) < 4.78 is 0. The molecule has 0 aliphatic heterocycles. The van der Waals surface area contributed by atoms with Crippen LogP contribution in [0.2, 0.25) is 0 Å². The summed E-state index contributed by atoms with van der Waals surface area (Å²) in [4.78, 5) is 32.7. The third-order valence-corrected chi connectivity index (χ3v) is 2.11. The van der Waals surface area contributed by atoms with Crippen molar-refractivity contribution in [1.29, 1.82) is 0 Å². The molecule has 0 radical (unpaired) electrons. The van der Waals surface area contributed by atoms with Crippen LogP contribution in [0.1, 0.15) is 5.82 Å². The van der Waals surface area contributed by atoms with Gasteiger partial charge in [-0.05, 0) is 12.1 Å². The number of aromatic nitrogens is 3. The van der Waals surface area contributed by atoms with Crippen LogP contribution < -0.4 is 11.3 Å². The molecule has 0 spiro atoms. The molecule has 0 unspecified atom stereocenters. The summed E-state index contributed by atoms with van der Waals surface area (Å²) in [6.45, 7) is 0. The first-order chi connectivity index (χ1) is 8.15. The maximum Gasteiger partial charge on any atom is 0.251 e. The number of hydrogen-bond acceptors (Lipinski definition) is 4. The first kappa shape index (κ1) is 11.0. The van der Waals surface area contributed by atoms with E-state index in [1.165, 1.54) is 6.07 Å². The van der Waals surface area contributed by atoms with Gasteiger partial charge >= 0.3 is 0 Å². The molecule has 0 atom stereocenters. The summed E-state index contributed by atoms with van der Waals surface area (Å²) in [5.74, 6) is -0.281. The Balaban J connectivity index is 2.45. The first-order valence-corrected chi connectivity index (χ1v) is 4.94. The van der Waals surface area contributed by atoms with E-state index in [1.54, 1.807) is 24.5 Å². The van der Waals surface area contributed by atoms with Gasteiger partial charge in [0.05, 0.1) is 12.1 Å². The largest absolute Gasteiger partial charge is 0.369 e. The van der Waals surface area contributed by atoms with Crippen molar-refractivity contribution >= 4 is 5.91 Å². The number of aromatic amines is 1. The Morgan fingerprint density at radius 2 is 2.06 bits per heavy atom. The van der Waals surface area contributed by atoms with E-state index >= 15 is 0 Å². The van der Waals surface area contributed by atoms with Gasteiger partial charge in [-0.2, -0.15) is 0 Å². The van der Waals surface area contributed by atoms with Crippen LogP contribution in [0.4, 0.5) is 0 Å². The number of carbonyl (C=O) groups is 1. The Morgan fingerprint density at radius 3 is 2.71 bits per heavy atom. The topological polar surface area (TPSA) is 102 Å². The van der Waals surface area contributed by atoms with Crippen molar-refractivity contribution in [3.63, 3.8) is 0 Å². The molecular formula is C11H10N4O2. The Morgan fingerprint density at radius 1 is 1.35 bits per heavy atom. The SMILES string of the molecule is NC(=O)Cc1nc(-c2ccncc2)cc(=O)[nH]1. The van der Waals surface area contributed by atoms with Crippen LogP contribution in [-0.4, -0.2) is 20.9 Å². The molecule has 2 heterocycles. The lowest BCUT2D eigenvalue weighted by Crippen LogP contribution is -2.19. The third kappa shape index (κ3) is 2.75. The van der Waals surface area contributed by atoms with E-state index in [9.17, 15) is 9.59 Å². The molecule has 86 valence electrons. The second-order valence-corrected chi connectivity index (χ2v) is 3.46. The molecule has 0 fully saturated rings. The van der Waals surface area contributed by atoms with Crippen molar-refractivity contribution in [2.75, 3.05) is 0 Å². The number of hydrogen-bond donors (Lipinski definition) is 2. The van der Waals surface area contributed by atoms with Crippen LogP contribution >= 0.6 is 0 Å². The van der Waals surface area contributed by atoms with Crippen molar-refractivity contribution in [3.05, 3.63) is 46.8 Å². The number of amides is 1. The summed E-state index contributed by atoms with van der Waals surface area (Å²) in [6.07, 6.45) is 3.12. The molecule has 6 heteroatoms. The normalized spacial score (nSPS) is 10.1. The molecule has 1 amide bonds. The van der Waals surface area contributed by atoms with Crippen LogP contribution in [0.15, 0.2) is 35.4 Å². The summed E-state index contributed by atoms with van der Waals surface area (Å²) in [6, 6.07) is 4.82. The summed E-state index contributed by atoms with van der Waals surface area (Å²) in [5, 5.41) is 0. The number of carbonyl (C=O) groups excluding carboxylic acids is 1. The smallest absolute Gasteiger partial charge is 0.251 e. The summed E-state index contributed by atoms with van der Waals surface area (Å²) >= 11 is 0. The second-order valence-electron chi connectivity index (χ2n) is 3.46. The lowest BCUT2D eigenvalue weighted by Gasteiger charge is -2.02. The standard InChI is InChI=1S/C11H10N4O2/c12-9(16)6-10-14-8(5-11(17)15-10)7-1-3-13-4-2-7/h1-5H,6H2,(H2,12,16)(H,14,15,17). The maximum absolute atomic E-state index is 11.4. The predicted octanol–water partition coefficient (Wildman–Crippen LogP) is -0.140. The first-order valence-electron chi connectivity index (χ1n) is 4.94. The monoisotopic (exact) mass is 230 g/mol. The molecule has 6 nitrogen and oxygen atoms in total. The van der Waals surface area contributed by atoms with Gasteiger partial charge in [-0.15, -0.1) is 0 Å². The zero-order valence-electron chi connectivity index (χ0n) is 8.88. The quantitative estimate of drug-likeness (QED) is 0.766. The van der Waals surface area contributed by atoms with E-state index in [1.807, 2.05) is 0 Å². The number of nitrogens with zero attached hydrogens (tertiary/aromatic N) is 2. The van der Waals surface area contributed by atoms with Gasteiger partial charge < -0.3 is 10.7 Å². The van der Waals surface area contributed by atoms with Gasteiger partial charge in [0.15, 0.2) is 0 Å². The van der Waals surface area contributed by atoms with Gasteiger partial charge in [-0.1, -0.05) is 0 Å². The second kappa shape index (κ2) is 4.56. The fourth-order valence-corrected chi connectivity index (χ4v) is 1.43. The van der Waals surface area contributed by atoms with Gasteiger partial charge in [-0.25, -0.2) is 4.98 Å². The van der Waals surface area contributed by atoms with Crippen LogP contribution in [0, 0.1) is 0 Å². The van der Waals surface area contributed by atoms with E-state index in [2.05, 4.69) is 15.0 Å². The molecule has 0 saturated carbocycles. The highest BCUT2D eigenvalue weighted by Gasteiger charge is 2.05. The Labute approximate surface area is 96.5 Å². The van der Waals surface area contributed by atoms with Crippen molar-refractivity contribution in [1.82, 2.24) is 15.0 Å². The Kier molecular flexibility index (Phi) is 2.95. The van der Waals surface area contributed by atoms with Gasteiger partial charge in [0, 0.05) is 24.0 Å². The fraction of sp³-hybridized carbons (Fsp3) is 0.0909. The average molecular weight is 230 g/mol. The predicted molar refractivity (Wildman–Crippen MR) is 61.0 cm³/mol. The summed E-state index contributed by atoms with van der Waals surface area (Å²) in [5.41, 5.74) is 5.99. The highest BCUT2D eigenvalue weighted by Crippen LogP contribution is 2.13. The molecule has 2 aromatic rings. The van der Waals surface area contributed by atoms with Gasteiger partial charge in [-0.3, -0.25) is 14.6 Å². The zero-order chi connectivity index (χ0) is 12.3. The lowest BCUT2D eigenvalue weighted by molar-refractivity contribution is -0.117. The number of pyridine rings is 1. The van der Waals surface area contributed by atoms with Gasteiger partial charge in [0.2, 0.25) is 5.91 Å². The minimum absolute atomic E-state index is 0.0891. The molecule has 2 rings (SSSR count).